The molecule has 148 valence electrons. The number of rotatable bonds is 10. The van der Waals surface area contributed by atoms with E-state index in [1.807, 2.05) is 0 Å². The molecule has 0 aromatic rings. The Balaban J connectivity index is 1.56. The predicted octanol–water partition coefficient (Wildman–Crippen LogP) is 8.12. The van der Waals surface area contributed by atoms with Crippen LogP contribution in [0, 0.1) is 35.0 Å². The summed E-state index contributed by atoms with van der Waals surface area (Å²) in [5.41, 5.74) is 0. The zero-order valence-corrected chi connectivity index (χ0v) is 17.0. The topological polar surface area (TPSA) is 23.8 Å². The molecule has 2 saturated carbocycles. The average molecular weight is 362 g/mol. The number of hydrogen-bond donors (Lipinski definition) is 0. The molecule has 0 N–H and O–H groups in total. The largest absolute Gasteiger partial charge is 0.196 e. The lowest BCUT2D eigenvalue weighted by atomic mass is 9.68. The first-order chi connectivity index (χ1) is 12.7. The molecule has 0 aliphatic heterocycles. The number of allylic oxidation sites excluding steroid dienone is 2. The highest BCUT2D eigenvalue weighted by atomic mass is 19.1. The number of nitrogens with zero attached hydrogens (tertiary/aromatic N) is 1. The highest BCUT2D eigenvalue weighted by Crippen LogP contribution is 2.43. The second-order valence-electron chi connectivity index (χ2n) is 9.01. The molecule has 2 aliphatic rings. The zero-order valence-electron chi connectivity index (χ0n) is 17.0. The zero-order chi connectivity index (χ0) is 18.6. The van der Waals surface area contributed by atoms with E-state index < -0.39 is 5.83 Å². The smallest absolute Gasteiger partial charge is 0.195 e. The van der Waals surface area contributed by atoms with Crippen molar-refractivity contribution in [3.63, 3.8) is 0 Å². The summed E-state index contributed by atoms with van der Waals surface area (Å²) in [7, 11) is 0. The van der Waals surface area contributed by atoms with Crippen LogP contribution in [0.4, 0.5) is 4.39 Å². The Hall–Kier alpha value is -0.840. The summed E-state index contributed by atoms with van der Waals surface area (Å²) in [5, 5.41) is 8.46. The number of nitriles is 1. The molecule has 0 radical (unpaired) electrons. The fourth-order valence-electron chi connectivity index (χ4n) is 5.42. The van der Waals surface area contributed by atoms with E-state index in [9.17, 15) is 4.39 Å². The van der Waals surface area contributed by atoms with Crippen molar-refractivity contribution in [2.24, 2.45) is 23.7 Å². The Kier molecular flexibility index (Phi) is 10.3. The molecule has 0 aromatic carbocycles. The summed E-state index contributed by atoms with van der Waals surface area (Å²) in [6.07, 6.45) is 23.2. The third-order valence-electron chi connectivity index (χ3n) is 7.17. The minimum Gasteiger partial charge on any atom is -0.195 e. The number of halogens is 1. The van der Waals surface area contributed by atoms with Gasteiger partial charge in [0.2, 0.25) is 0 Å². The van der Waals surface area contributed by atoms with Crippen molar-refractivity contribution in [2.75, 3.05) is 0 Å². The predicted molar refractivity (Wildman–Crippen MR) is 108 cm³/mol. The summed E-state index contributed by atoms with van der Waals surface area (Å²) >= 11 is 0. The summed E-state index contributed by atoms with van der Waals surface area (Å²) in [4.78, 5) is 0. The van der Waals surface area contributed by atoms with Crippen LogP contribution >= 0.6 is 0 Å². The first kappa shape index (κ1) is 21.5. The molecule has 0 amide bonds. The molecule has 2 aliphatic carbocycles. The first-order valence-electron chi connectivity index (χ1n) is 11.5. The monoisotopic (exact) mass is 361 g/mol. The van der Waals surface area contributed by atoms with Gasteiger partial charge in [0, 0.05) is 0 Å². The van der Waals surface area contributed by atoms with Crippen molar-refractivity contribution in [3.8, 4) is 6.07 Å². The minimum absolute atomic E-state index is 0.610. The Labute approximate surface area is 161 Å². The molecular formula is C24H40FN. The van der Waals surface area contributed by atoms with Crippen molar-refractivity contribution in [2.45, 2.75) is 110 Å². The van der Waals surface area contributed by atoms with Crippen LogP contribution < -0.4 is 0 Å². The van der Waals surface area contributed by atoms with Crippen LogP contribution in [0.5, 0.6) is 0 Å². The summed E-state index contributed by atoms with van der Waals surface area (Å²) in [6.45, 7) is 2.29. The molecule has 0 aromatic heterocycles. The van der Waals surface area contributed by atoms with Crippen LogP contribution in [0.25, 0.3) is 0 Å². The number of hydrogen-bond acceptors (Lipinski definition) is 1. The Morgan fingerprint density at radius 1 is 0.846 bits per heavy atom. The van der Waals surface area contributed by atoms with E-state index >= 15 is 0 Å². The van der Waals surface area contributed by atoms with Gasteiger partial charge in [-0.3, -0.25) is 0 Å². The molecule has 0 saturated heterocycles. The van der Waals surface area contributed by atoms with Crippen molar-refractivity contribution in [1.82, 2.24) is 0 Å². The molecule has 0 unspecified atom stereocenters. The van der Waals surface area contributed by atoms with Gasteiger partial charge < -0.3 is 0 Å². The first-order valence-corrected chi connectivity index (χ1v) is 11.5. The Morgan fingerprint density at radius 3 is 1.92 bits per heavy atom. The van der Waals surface area contributed by atoms with Gasteiger partial charge in [-0.05, 0) is 68.3 Å². The molecule has 1 nitrogen and oxygen atoms in total. The standard InChI is InChI=1S/C24H40FN/c1-2-3-4-5-6-8-20-11-15-22(16-12-20)23-17-13-21(14-18-23)9-7-10-24(25)19-26/h10,20-23H,2-9,11-18H2,1H3/b24-10-. The van der Waals surface area contributed by atoms with Gasteiger partial charge in [-0.25, -0.2) is 0 Å². The molecule has 0 spiro atoms. The third kappa shape index (κ3) is 7.81. The van der Waals surface area contributed by atoms with E-state index in [1.54, 1.807) is 6.07 Å². The maximum absolute atomic E-state index is 12.9. The second-order valence-corrected chi connectivity index (χ2v) is 9.01. The van der Waals surface area contributed by atoms with Gasteiger partial charge >= 0.3 is 0 Å². The van der Waals surface area contributed by atoms with Gasteiger partial charge in [0.1, 0.15) is 6.07 Å². The van der Waals surface area contributed by atoms with E-state index in [1.165, 1.54) is 96.0 Å². The van der Waals surface area contributed by atoms with Gasteiger partial charge in [-0.2, -0.15) is 9.65 Å². The van der Waals surface area contributed by atoms with Gasteiger partial charge in [0.25, 0.3) is 0 Å². The lowest BCUT2D eigenvalue weighted by Gasteiger charge is -2.38. The van der Waals surface area contributed by atoms with E-state index in [0.717, 1.165) is 36.5 Å². The van der Waals surface area contributed by atoms with Crippen LogP contribution in [0.2, 0.25) is 0 Å². The third-order valence-corrected chi connectivity index (χ3v) is 7.17. The summed E-state index contributed by atoms with van der Waals surface area (Å²) in [5.74, 6) is 3.12. The molecule has 2 rings (SSSR count). The highest BCUT2D eigenvalue weighted by Gasteiger charge is 2.30. The van der Waals surface area contributed by atoms with Crippen molar-refractivity contribution >= 4 is 0 Å². The van der Waals surface area contributed by atoms with E-state index in [0.29, 0.717) is 0 Å². The normalized spacial score (nSPS) is 30.1. The molecule has 0 bridgehead atoms. The molecule has 0 atom stereocenters. The van der Waals surface area contributed by atoms with E-state index in [4.69, 9.17) is 5.26 Å². The van der Waals surface area contributed by atoms with Crippen LogP contribution in [0.15, 0.2) is 11.9 Å². The molecule has 2 fully saturated rings. The highest BCUT2D eigenvalue weighted by molar-refractivity contribution is 5.11. The molecule has 26 heavy (non-hydrogen) atoms. The SMILES string of the molecule is CCCCCCCC1CCC(C2CCC(CC/C=C(\F)C#N)CC2)CC1. The molecular weight excluding hydrogens is 321 g/mol. The average Bonchev–Trinajstić information content (AvgIpc) is 2.69. The summed E-state index contributed by atoms with van der Waals surface area (Å²) in [6, 6.07) is 1.57. The lowest BCUT2D eigenvalue weighted by molar-refractivity contribution is 0.140. The van der Waals surface area contributed by atoms with Gasteiger partial charge in [-0.15, -0.1) is 0 Å². The number of unbranched alkanes of at least 4 members (excludes halogenated alkanes) is 4. The molecule has 2 heteroatoms. The van der Waals surface area contributed by atoms with Crippen LogP contribution in [0.1, 0.15) is 110 Å². The van der Waals surface area contributed by atoms with Gasteiger partial charge in [0.05, 0.1) is 0 Å². The quantitative estimate of drug-likeness (QED) is 0.285. The van der Waals surface area contributed by atoms with Crippen LogP contribution in [-0.2, 0) is 0 Å². The van der Waals surface area contributed by atoms with Crippen LogP contribution in [-0.4, -0.2) is 0 Å². The summed E-state index contributed by atoms with van der Waals surface area (Å²) < 4.78 is 12.9. The lowest BCUT2D eigenvalue weighted by Crippen LogP contribution is -2.25. The van der Waals surface area contributed by atoms with Gasteiger partial charge in [0.15, 0.2) is 5.83 Å². The van der Waals surface area contributed by atoms with Crippen LogP contribution in [0.3, 0.4) is 0 Å². The fourth-order valence-corrected chi connectivity index (χ4v) is 5.42. The van der Waals surface area contributed by atoms with Crippen molar-refractivity contribution < 1.29 is 4.39 Å². The second kappa shape index (κ2) is 12.5. The van der Waals surface area contributed by atoms with E-state index in [-0.39, 0.29) is 0 Å². The maximum atomic E-state index is 12.9. The fraction of sp³-hybridized carbons (Fsp3) is 0.875. The Morgan fingerprint density at radius 2 is 1.38 bits per heavy atom. The van der Waals surface area contributed by atoms with Crippen molar-refractivity contribution in [3.05, 3.63) is 11.9 Å². The van der Waals surface area contributed by atoms with E-state index in [2.05, 4.69) is 6.92 Å². The molecule has 0 heterocycles. The minimum atomic E-state index is -0.610. The Bertz CT molecular complexity index is 434. The van der Waals surface area contributed by atoms with Crippen molar-refractivity contribution in [1.29, 1.82) is 5.26 Å². The van der Waals surface area contributed by atoms with Gasteiger partial charge in [-0.1, -0.05) is 71.1 Å². The maximum Gasteiger partial charge on any atom is 0.196 e.